The molecule has 114 valence electrons. The van der Waals surface area contributed by atoms with Crippen molar-refractivity contribution in [2.45, 2.75) is 6.54 Å². The second kappa shape index (κ2) is 5.24. The van der Waals surface area contributed by atoms with Crippen LogP contribution < -0.4 is 10.3 Å². The van der Waals surface area contributed by atoms with Crippen molar-refractivity contribution < 1.29 is 9.15 Å². The van der Waals surface area contributed by atoms with Crippen molar-refractivity contribution in [3.63, 3.8) is 0 Å². The SMILES string of the molecule is COc1ccc2ncn(Cc3nc4ccccc4o3)c(=O)c2c1. The summed E-state index contributed by atoms with van der Waals surface area (Å²) in [5.41, 5.74) is 1.94. The van der Waals surface area contributed by atoms with Gasteiger partial charge < -0.3 is 9.15 Å². The van der Waals surface area contributed by atoms with Gasteiger partial charge in [-0.15, -0.1) is 0 Å². The number of hydrogen-bond donors (Lipinski definition) is 0. The van der Waals surface area contributed by atoms with E-state index in [1.54, 1.807) is 25.3 Å². The molecule has 2 aromatic carbocycles. The lowest BCUT2D eigenvalue weighted by atomic mass is 10.2. The van der Waals surface area contributed by atoms with Crippen LogP contribution in [-0.4, -0.2) is 21.6 Å². The van der Waals surface area contributed by atoms with Gasteiger partial charge in [-0.1, -0.05) is 12.1 Å². The van der Waals surface area contributed by atoms with Crippen LogP contribution in [0.1, 0.15) is 5.89 Å². The maximum absolute atomic E-state index is 12.6. The Kier molecular flexibility index (Phi) is 3.08. The molecule has 0 aliphatic rings. The van der Waals surface area contributed by atoms with E-state index in [0.29, 0.717) is 28.1 Å². The van der Waals surface area contributed by atoms with E-state index in [0.717, 1.165) is 5.52 Å². The lowest BCUT2D eigenvalue weighted by Gasteiger charge is -2.05. The molecule has 0 bridgehead atoms. The number of hydrogen-bond acceptors (Lipinski definition) is 5. The first-order chi connectivity index (χ1) is 11.2. The van der Waals surface area contributed by atoms with Gasteiger partial charge in [-0.2, -0.15) is 0 Å². The first-order valence-electron chi connectivity index (χ1n) is 7.12. The van der Waals surface area contributed by atoms with Crippen molar-refractivity contribution in [1.29, 1.82) is 0 Å². The van der Waals surface area contributed by atoms with Gasteiger partial charge >= 0.3 is 0 Å². The highest BCUT2D eigenvalue weighted by Gasteiger charge is 2.10. The maximum Gasteiger partial charge on any atom is 0.261 e. The number of methoxy groups -OCH3 is 1. The van der Waals surface area contributed by atoms with E-state index >= 15 is 0 Å². The normalized spacial score (nSPS) is 11.2. The molecule has 6 nitrogen and oxygen atoms in total. The number of oxazole rings is 1. The quantitative estimate of drug-likeness (QED) is 0.582. The van der Waals surface area contributed by atoms with Crippen LogP contribution >= 0.6 is 0 Å². The van der Waals surface area contributed by atoms with Gasteiger partial charge in [0.15, 0.2) is 5.58 Å². The van der Waals surface area contributed by atoms with E-state index in [1.165, 1.54) is 10.9 Å². The molecule has 0 unspecified atom stereocenters. The molecule has 4 aromatic rings. The van der Waals surface area contributed by atoms with E-state index in [1.807, 2.05) is 24.3 Å². The number of ether oxygens (including phenoxy) is 1. The van der Waals surface area contributed by atoms with Crippen molar-refractivity contribution in [2.24, 2.45) is 0 Å². The van der Waals surface area contributed by atoms with Crippen LogP contribution in [0.4, 0.5) is 0 Å². The molecule has 23 heavy (non-hydrogen) atoms. The summed E-state index contributed by atoms with van der Waals surface area (Å²) >= 11 is 0. The van der Waals surface area contributed by atoms with Crippen LogP contribution in [0.3, 0.4) is 0 Å². The minimum atomic E-state index is -0.156. The van der Waals surface area contributed by atoms with Crippen molar-refractivity contribution in [3.05, 3.63) is 65.0 Å². The van der Waals surface area contributed by atoms with E-state index in [4.69, 9.17) is 9.15 Å². The zero-order chi connectivity index (χ0) is 15.8. The average molecular weight is 307 g/mol. The summed E-state index contributed by atoms with van der Waals surface area (Å²) in [5.74, 6) is 1.09. The predicted octanol–water partition coefficient (Wildman–Crippen LogP) is 2.59. The van der Waals surface area contributed by atoms with Gasteiger partial charge in [-0.25, -0.2) is 9.97 Å². The molecule has 0 fully saturated rings. The van der Waals surface area contributed by atoms with Crippen LogP contribution in [0.2, 0.25) is 0 Å². The Bertz CT molecular complexity index is 1030. The third kappa shape index (κ3) is 2.34. The molecule has 2 heterocycles. The van der Waals surface area contributed by atoms with Crippen LogP contribution in [-0.2, 0) is 6.54 Å². The predicted molar refractivity (Wildman–Crippen MR) is 85.7 cm³/mol. The molecular weight excluding hydrogens is 294 g/mol. The van der Waals surface area contributed by atoms with E-state index < -0.39 is 0 Å². The number of benzene rings is 2. The largest absolute Gasteiger partial charge is 0.497 e. The molecule has 0 aliphatic heterocycles. The fraction of sp³-hybridized carbons (Fsp3) is 0.118. The minimum absolute atomic E-state index is 0.156. The summed E-state index contributed by atoms with van der Waals surface area (Å²) in [6, 6.07) is 12.7. The van der Waals surface area contributed by atoms with Gasteiger partial charge in [0.1, 0.15) is 17.8 Å². The second-order valence-corrected chi connectivity index (χ2v) is 5.14. The first kappa shape index (κ1) is 13.5. The Balaban J connectivity index is 1.79. The van der Waals surface area contributed by atoms with Gasteiger partial charge in [0, 0.05) is 0 Å². The van der Waals surface area contributed by atoms with Crippen LogP contribution in [0.5, 0.6) is 5.75 Å². The molecular formula is C17H13N3O3. The summed E-state index contributed by atoms with van der Waals surface area (Å²) in [4.78, 5) is 21.3. The topological polar surface area (TPSA) is 70.2 Å². The summed E-state index contributed by atoms with van der Waals surface area (Å²) in [7, 11) is 1.56. The lowest BCUT2D eigenvalue weighted by molar-refractivity contribution is 0.415. The van der Waals surface area contributed by atoms with Crippen molar-refractivity contribution in [1.82, 2.24) is 14.5 Å². The average Bonchev–Trinajstić information content (AvgIpc) is 2.99. The highest BCUT2D eigenvalue weighted by Crippen LogP contribution is 2.17. The summed E-state index contributed by atoms with van der Waals surface area (Å²) < 4.78 is 12.3. The third-order valence-electron chi connectivity index (χ3n) is 3.67. The molecule has 2 aromatic heterocycles. The van der Waals surface area contributed by atoms with Crippen LogP contribution in [0, 0.1) is 0 Å². The van der Waals surface area contributed by atoms with Gasteiger partial charge in [0.05, 0.1) is 24.3 Å². The summed E-state index contributed by atoms with van der Waals surface area (Å²) in [6.45, 7) is 0.230. The molecule has 6 heteroatoms. The Hall–Kier alpha value is -3.15. The zero-order valence-electron chi connectivity index (χ0n) is 12.4. The fourth-order valence-corrected chi connectivity index (χ4v) is 2.51. The molecule has 0 aliphatic carbocycles. The molecule has 0 N–H and O–H groups in total. The minimum Gasteiger partial charge on any atom is -0.497 e. The Labute approximate surface area is 131 Å². The zero-order valence-corrected chi connectivity index (χ0v) is 12.4. The number of rotatable bonds is 3. The van der Waals surface area contributed by atoms with Crippen LogP contribution in [0.15, 0.2) is 58.0 Å². The highest BCUT2D eigenvalue weighted by atomic mass is 16.5. The van der Waals surface area contributed by atoms with E-state index in [2.05, 4.69) is 9.97 Å². The second-order valence-electron chi connectivity index (χ2n) is 5.14. The third-order valence-corrected chi connectivity index (χ3v) is 3.67. The van der Waals surface area contributed by atoms with Gasteiger partial charge in [-0.3, -0.25) is 9.36 Å². The first-order valence-corrected chi connectivity index (χ1v) is 7.12. The van der Waals surface area contributed by atoms with Gasteiger partial charge in [-0.05, 0) is 30.3 Å². The number of aromatic nitrogens is 3. The van der Waals surface area contributed by atoms with E-state index in [-0.39, 0.29) is 12.1 Å². The number of nitrogens with zero attached hydrogens (tertiary/aromatic N) is 3. The lowest BCUT2D eigenvalue weighted by Crippen LogP contribution is -2.21. The molecule has 0 spiro atoms. The Morgan fingerprint density at radius 1 is 1.17 bits per heavy atom. The molecule has 0 saturated carbocycles. The summed E-state index contributed by atoms with van der Waals surface area (Å²) in [5, 5.41) is 0.503. The van der Waals surface area contributed by atoms with Crippen molar-refractivity contribution in [2.75, 3.05) is 7.11 Å². The Morgan fingerprint density at radius 3 is 2.87 bits per heavy atom. The monoisotopic (exact) mass is 307 g/mol. The van der Waals surface area contributed by atoms with Crippen molar-refractivity contribution >= 4 is 22.0 Å². The Morgan fingerprint density at radius 2 is 2.04 bits per heavy atom. The van der Waals surface area contributed by atoms with Crippen molar-refractivity contribution in [3.8, 4) is 5.75 Å². The fourth-order valence-electron chi connectivity index (χ4n) is 2.51. The molecule has 0 amide bonds. The van der Waals surface area contributed by atoms with Crippen LogP contribution in [0.25, 0.3) is 22.0 Å². The van der Waals surface area contributed by atoms with Gasteiger partial charge in [0.25, 0.3) is 5.56 Å². The molecule has 0 radical (unpaired) electrons. The maximum atomic E-state index is 12.6. The highest BCUT2D eigenvalue weighted by molar-refractivity contribution is 5.79. The molecule has 0 atom stereocenters. The van der Waals surface area contributed by atoms with Gasteiger partial charge in [0.2, 0.25) is 5.89 Å². The molecule has 4 rings (SSSR count). The standard InChI is InChI=1S/C17H13N3O3/c1-22-11-6-7-13-12(8-11)17(21)20(10-18-13)9-16-19-14-4-2-3-5-15(14)23-16/h2-8,10H,9H2,1H3. The smallest absolute Gasteiger partial charge is 0.261 e. The summed E-state index contributed by atoms with van der Waals surface area (Å²) in [6.07, 6.45) is 1.51. The molecule has 0 saturated heterocycles. The number of fused-ring (bicyclic) bond motifs is 2. The van der Waals surface area contributed by atoms with E-state index in [9.17, 15) is 4.79 Å². The number of para-hydroxylation sites is 2.